The second kappa shape index (κ2) is 7.98. The van der Waals surface area contributed by atoms with Gasteiger partial charge in [0.15, 0.2) is 0 Å². The monoisotopic (exact) mass is 329 g/mol. The number of hydrogen-bond donors (Lipinski definition) is 2. The number of likely N-dealkylation sites (tertiary alicyclic amines) is 1. The molecule has 0 aromatic heterocycles. The Morgan fingerprint density at radius 3 is 2.64 bits per heavy atom. The first-order valence-corrected chi connectivity index (χ1v) is 8.91. The van der Waals surface area contributed by atoms with E-state index in [0.29, 0.717) is 30.5 Å². The number of nitrogens with two attached hydrogens (primary N) is 1. The molecule has 0 spiro atoms. The number of carbonyl (C=O) groups is 1. The van der Waals surface area contributed by atoms with Gasteiger partial charge in [-0.1, -0.05) is 26.2 Å². The first-order chi connectivity index (χ1) is 10.1. The summed E-state index contributed by atoms with van der Waals surface area (Å²) in [5, 5.41) is 3.28. The van der Waals surface area contributed by atoms with Crippen molar-refractivity contribution >= 4 is 18.3 Å². The van der Waals surface area contributed by atoms with E-state index >= 15 is 0 Å². The van der Waals surface area contributed by atoms with Gasteiger partial charge in [-0.05, 0) is 43.4 Å². The van der Waals surface area contributed by atoms with Crippen molar-refractivity contribution in [3.8, 4) is 0 Å². The molecule has 5 heteroatoms. The van der Waals surface area contributed by atoms with Crippen LogP contribution in [-0.2, 0) is 4.79 Å². The minimum atomic E-state index is 0. The SMILES string of the molecule is CC1CCCCC1NC(=O)CN1CC2CCCC(N)C2C1.Cl. The molecule has 0 aromatic carbocycles. The Labute approximate surface area is 141 Å². The maximum Gasteiger partial charge on any atom is 0.234 e. The number of rotatable bonds is 3. The van der Waals surface area contributed by atoms with Crippen LogP contribution in [0.5, 0.6) is 0 Å². The molecule has 3 aliphatic rings. The Morgan fingerprint density at radius 2 is 1.91 bits per heavy atom. The maximum atomic E-state index is 12.3. The molecule has 5 atom stereocenters. The molecule has 1 amide bonds. The Balaban J connectivity index is 0.00000176. The van der Waals surface area contributed by atoms with Gasteiger partial charge < -0.3 is 11.1 Å². The van der Waals surface area contributed by atoms with Gasteiger partial charge in [-0.2, -0.15) is 0 Å². The van der Waals surface area contributed by atoms with Crippen molar-refractivity contribution in [2.75, 3.05) is 19.6 Å². The lowest BCUT2D eigenvalue weighted by Gasteiger charge is -2.30. The van der Waals surface area contributed by atoms with E-state index in [4.69, 9.17) is 5.73 Å². The van der Waals surface area contributed by atoms with E-state index in [0.717, 1.165) is 25.4 Å². The molecule has 5 unspecified atom stereocenters. The summed E-state index contributed by atoms with van der Waals surface area (Å²) in [6.45, 7) is 4.95. The molecule has 3 fully saturated rings. The minimum Gasteiger partial charge on any atom is -0.352 e. The maximum absolute atomic E-state index is 12.3. The molecule has 128 valence electrons. The Bertz CT molecular complexity index is 379. The first-order valence-electron chi connectivity index (χ1n) is 8.91. The minimum absolute atomic E-state index is 0. The predicted octanol–water partition coefficient (Wildman–Crippen LogP) is 2.16. The molecule has 4 nitrogen and oxygen atoms in total. The molecule has 1 aliphatic heterocycles. The Hall–Kier alpha value is -0.320. The van der Waals surface area contributed by atoms with Crippen LogP contribution in [0.2, 0.25) is 0 Å². The number of halogens is 1. The normalized spacial score (nSPS) is 38.9. The lowest BCUT2D eigenvalue weighted by Crippen LogP contribution is -2.45. The van der Waals surface area contributed by atoms with E-state index in [1.165, 1.54) is 38.5 Å². The highest BCUT2D eigenvalue weighted by Crippen LogP contribution is 2.35. The summed E-state index contributed by atoms with van der Waals surface area (Å²) in [6.07, 6.45) is 8.73. The van der Waals surface area contributed by atoms with Crippen LogP contribution in [0.4, 0.5) is 0 Å². The van der Waals surface area contributed by atoms with E-state index in [1.54, 1.807) is 0 Å². The smallest absolute Gasteiger partial charge is 0.234 e. The van der Waals surface area contributed by atoms with E-state index in [9.17, 15) is 4.79 Å². The highest BCUT2D eigenvalue weighted by atomic mass is 35.5. The lowest BCUT2D eigenvalue weighted by molar-refractivity contribution is -0.123. The first kappa shape index (κ1) is 18.0. The van der Waals surface area contributed by atoms with E-state index in [2.05, 4.69) is 17.1 Å². The molecule has 0 aromatic rings. The average molecular weight is 330 g/mol. The summed E-state index contributed by atoms with van der Waals surface area (Å²) in [5.41, 5.74) is 6.25. The molecule has 0 radical (unpaired) electrons. The highest BCUT2D eigenvalue weighted by molar-refractivity contribution is 5.85. The zero-order chi connectivity index (χ0) is 14.8. The number of nitrogens with one attached hydrogen (secondary N) is 1. The summed E-state index contributed by atoms with van der Waals surface area (Å²) in [5.74, 6) is 2.22. The van der Waals surface area contributed by atoms with Gasteiger partial charge in [0.1, 0.15) is 0 Å². The van der Waals surface area contributed by atoms with E-state index < -0.39 is 0 Å². The zero-order valence-corrected chi connectivity index (χ0v) is 14.6. The Kier molecular flexibility index (Phi) is 6.54. The fourth-order valence-corrected chi connectivity index (χ4v) is 4.72. The summed E-state index contributed by atoms with van der Waals surface area (Å²) >= 11 is 0. The standard InChI is InChI=1S/C17H31N3O.ClH/c1-12-5-2-3-8-16(12)19-17(21)11-20-9-13-6-4-7-15(18)14(13)10-20;/h12-16H,2-11,18H2,1H3,(H,19,21);1H. The molecular formula is C17H32ClN3O. The second-order valence-corrected chi connectivity index (χ2v) is 7.65. The molecule has 1 heterocycles. The predicted molar refractivity (Wildman–Crippen MR) is 92.1 cm³/mol. The van der Waals surface area contributed by atoms with Gasteiger partial charge in [-0.15, -0.1) is 12.4 Å². The summed E-state index contributed by atoms with van der Waals surface area (Å²) in [7, 11) is 0. The van der Waals surface area contributed by atoms with Gasteiger partial charge in [-0.3, -0.25) is 9.69 Å². The van der Waals surface area contributed by atoms with Gasteiger partial charge in [-0.25, -0.2) is 0 Å². The molecule has 1 saturated heterocycles. The van der Waals surface area contributed by atoms with Crippen LogP contribution in [0.15, 0.2) is 0 Å². The number of carbonyl (C=O) groups excluding carboxylic acids is 1. The molecular weight excluding hydrogens is 298 g/mol. The van der Waals surface area contributed by atoms with Gasteiger partial charge in [0.25, 0.3) is 0 Å². The second-order valence-electron chi connectivity index (χ2n) is 7.65. The van der Waals surface area contributed by atoms with Crippen molar-refractivity contribution in [3.05, 3.63) is 0 Å². The average Bonchev–Trinajstić information content (AvgIpc) is 2.85. The fraction of sp³-hybridized carbons (Fsp3) is 0.941. The fourth-order valence-electron chi connectivity index (χ4n) is 4.72. The van der Waals surface area contributed by atoms with Crippen LogP contribution >= 0.6 is 12.4 Å². The topological polar surface area (TPSA) is 58.4 Å². The third kappa shape index (κ3) is 4.15. The largest absolute Gasteiger partial charge is 0.352 e. The lowest BCUT2D eigenvalue weighted by atomic mass is 9.78. The third-order valence-corrected chi connectivity index (χ3v) is 6.05. The number of hydrogen-bond acceptors (Lipinski definition) is 3. The van der Waals surface area contributed by atoms with Crippen LogP contribution in [0.3, 0.4) is 0 Å². The van der Waals surface area contributed by atoms with E-state index in [1.807, 2.05) is 0 Å². The Morgan fingerprint density at radius 1 is 1.14 bits per heavy atom. The van der Waals surface area contributed by atoms with Crippen molar-refractivity contribution < 1.29 is 4.79 Å². The molecule has 3 rings (SSSR count). The van der Waals surface area contributed by atoms with Crippen molar-refractivity contribution in [1.29, 1.82) is 0 Å². The van der Waals surface area contributed by atoms with Gasteiger partial charge in [0.2, 0.25) is 5.91 Å². The molecule has 3 N–H and O–H groups in total. The summed E-state index contributed by atoms with van der Waals surface area (Å²) < 4.78 is 0. The molecule has 22 heavy (non-hydrogen) atoms. The van der Waals surface area contributed by atoms with Gasteiger partial charge in [0, 0.05) is 25.2 Å². The van der Waals surface area contributed by atoms with Gasteiger partial charge in [0.05, 0.1) is 6.54 Å². The highest BCUT2D eigenvalue weighted by Gasteiger charge is 2.39. The van der Waals surface area contributed by atoms with Gasteiger partial charge >= 0.3 is 0 Å². The van der Waals surface area contributed by atoms with Crippen LogP contribution < -0.4 is 11.1 Å². The summed E-state index contributed by atoms with van der Waals surface area (Å²) in [6, 6.07) is 0.758. The quantitative estimate of drug-likeness (QED) is 0.834. The van der Waals surface area contributed by atoms with Crippen molar-refractivity contribution in [1.82, 2.24) is 10.2 Å². The van der Waals surface area contributed by atoms with Crippen LogP contribution in [-0.4, -0.2) is 42.5 Å². The van der Waals surface area contributed by atoms with Crippen molar-refractivity contribution in [2.45, 2.75) is 64.0 Å². The number of nitrogens with zero attached hydrogens (tertiary/aromatic N) is 1. The molecule has 0 bridgehead atoms. The van der Waals surface area contributed by atoms with Crippen molar-refractivity contribution in [3.63, 3.8) is 0 Å². The van der Waals surface area contributed by atoms with Crippen LogP contribution in [0.1, 0.15) is 51.9 Å². The van der Waals surface area contributed by atoms with Crippen molar-refractivity contribution in [2.24, 2.45) is 23.5 Å². The molecule has 2 aliphatic carbocycles. The molecule has 2 saturated carbocycles. The summed E-state index contributed by atoms with van der Waals surface area (Å²) in [4.78, 5) is 14.7. The van der Waals surface area contributed by atoms with Crippen LogP contribution in [0.25, 0.3) is 0 Å². The van der Waals surface area contributed by atoms with E-state index in [-0.39, 0.29) is 18.3 Å². The number of amides is 1. The number of fused-ring (bicyclic) bond motifs is 1. The zero-order valence-electron chi connectivity index (χ0n) is 13.8. The van der Waals surface area contributed by atoms with Crippen LogP contribution in [0, 0.1) is 17.8 Å². The third-order valence-electron chi connectivity index (χ3n) is 6.05.